The number of hydrogen-bond donors (Lipinski definition) is 1. The van der Waals surface area contributed by atoms with E-state index in [1.807, 2.05) is 0 Å². The molecule has 1 N–H and O–H groups in total. The van der Waals surface area contributed by atoms with Crippen LogP contribution >= 0.6 is 22.9 Å². The summed E-state index contributed by atoms with van der Waals surface area (Å²) in [6, 6.07) is 1.49. The first kappa shape index (κ1) is 10.1. The molecule has 2 heterocycles. The van der Waals surface area contributed by atoms with Crippen molar-refractivity contribution in [2.45, 2.75) is 0 Å². The van der Waals surface area contributed by atoms with Crippen molar-refractivity contribution in [2.75, 3.05) is 0 Å². The molecule has 0 atom stereocenters. The molecule has 15 heavy (non-hydrogen) atoms. The molecule has 7 heteroatoms. The van der Waals surface area contributed by atoms with Gasteiger partial charge in [0.1, 0.15) is 11.4 Å². The predicted octanol–water partition coefficient (Wildman–Crippen LogP) is 1.90. The summed E-state index contributed by atoms with van der Waals surface area (Å²) < 4.78 is 1.72. The number of carboxylic acids is 1. The van der Waals surface area contributed by atoms with Gasteiger partial charge in [-0.25, -0.2) is 9.78 Å². The van der Waals surface area contributed by atoms with Gasteiger partial charge >= 0.3 is 5.97 Å². The highest BCUT2D eigenvalue weighted by Crippen LogP contribution is 2.27. The highest BCUT2D eigenvalue weighted by molar-refractivity contribution is 7.18. The van der Waals surface area contributed by atoms with Crippen LogP contribution in [-0.4, -0.2) is 25.8 Å². The highest BCUT2D eigenvalue weighted by Gasteiger charge is 2.14. The van der Waals surface area contributed by atoms with Crippen LogP contribution in [0, 0.1) is 0 Å². The Labute approximate surface area is 93.9 Å². The molecule has 2 aromatic rings. The second kappa shape index (κ2) is 3.63. The third kappa shape index (κ3) is 1.86. The van der Waals surface area contributed by atoms with Crippen molar-refractivity contribution >= 4 is 28.9 Å². The lowest BCUT2D eigenvalue weighted by Gasteiger charge is -1.91. The van der Waals surface area contributed by atoms with Crippen molar-refractivity contribution in [1.29, 1.82) is 0 Å². The van der Waals surface area contributed by atoms with E-state index in [0.717, 1.165) is 4.88 Å². The fourth-order valence-corrected chi connectivity index (χ4v) is 2.05. The number of aromatic nitrogens is 3. The van der Waals surface area contributed by atoms with E-state index in [9.17, 15) is 4.79 Å². The van der Waals surface area contributed by atoms with Crippen molar-refractivity contribution in [1.82, 2.24) is 14.8 Å². The van der Waals surface area contributed by atoms with E-state index in [1.165, 1.54) is 22.1 Å². The molecule has 0 fully saturated rings. The molecule has 0 spiro atoms. The molecule has 0 aliphatic carbocycles. The molecular formula is C8H6ClN3O2S. The Kier molecular flexibility index (Phi) is 2.45. The van der Waals surface area contributed by atoms with Gasteiger partial charge in [0.2, 0.25) is 0 Å². The van der Waals surface area contributed by atoms with Crippen LogP contribution in [0.4, 0.5) is 0 Å². The molecule has 2 aromatic heterocycles. The average molecular weight is 244 g/mol. The van der Waals surface area contributed by atoms with Gasteiger partial charge in [0.25, 0.3) is 0 Å². The van der Waals surface area contributed by atoms with Crippen LogP contribution in [0.5, 0.6) is 0 Å². The summed E-state index contributed by atoms with van der Waals surface area (Å²) in [6.07, 6.45) is 1.57. The van der Waals surface area contributed by atoms with Crippen LogP contribution in [0.1, 0.15) is 10.5 Å². The number of carboxylic acid groups (broad SMARTS) is 1. The largest absolute Gasteiger partial charge is 0.477 e. The summed E-state index contributed by atoms with van der Waals surface area (Å²) in [7, 11) is 1.58. The number of thiazole rings is 1. The van der Waals surface area contributed by atoms with Gasteiger partial charge in [0.05, 0.1) is 4.88 Å². The Morgan fingerprint density at radius 3 is 2.87 bits per heavy atom. The average Bonchev–Trinajstić information content (AvgIpc) is 2.71. The van der Waals surface area contributed by atoms with Gasteiger partial charge in [0, 0.05) is 13.2 Å². The van der Waals surface area contributed by atoms with Gasteiger partial charge in [-0.2, -0.15) is 5.10 Å². The van der Waals surface area contributed by atoms with E-state index in [4.69, 9.17) is 16.7 Å². The van der Waals surface area contributed by atoms with Crippen LogP contribution in [0.3, 0.4) is 0 Å². The maximum absolute atomic E-state index is 10.8. The van der Waals surface area contributed by atoms with E-state index in [-0.39, 0.29) is 5.69 Å². The van der Waals surface area contributed by atoms with E-state index >= 15 is 0 Å². The van der Waals surface area contributed by atoms with Gasteiger partial charge < -0.3 is 5.11 Å². The van der Waals surface area contributed by atoms with Crippen LogP contribution in [0.2, 0.25) is 4.47 Å². The minimum atomic E-state index is -1.01. The Morgan fingerprint density at radius 1 is 1.67 bits per heavy atom. The van der Waals surface area contributed by atoms with Crippen molar-refractivity contribution < 1.29 is 9.90 Å². The first-order valence-corrected chi connectivity index (χ1v) is 5.16. The molecule has 0 bridgehead atoms. The van der Waals surface area contributed by atoms with Gasteiger partial charge in [-0.3, -0.25) is 4.68 Å². The van der Waals surface area contributed by atoms with Crippen LogP contribution in [-0.2, 0) is 7.05 Å². The second-order valence-electron chi connectivity index (χ2n) is 2.82. The number of nitrogens with zero attached hydrogens (tertiary/aromatic N) is 3. The summed E-state index contributed by atoms with van der Waals surface area (Å²) in [6.45, 7) is 0. The normalized spacial score (nSPS) is 10.5. The van der Waals surface area contributed by atoms with Gasteiger partial charge in [0.15, 0.2) is 4.47 Å². The Balaban J connectivity index is 2.46. The minimum Gasteiger partial charge on any atom is -0.477 e. The standard InChI is InChI=1S/C8H6ClN3O2S/c1-12-5(7(13)14)2-4(11-12)6-3-10-8(9)15-6/h2-3H,1H3,(H,13,14). The maximum atomic E-state index is 10.8. The molecule has 78 valence electrons. The molecule has 0 amide bonds. The summed E-state index contributed by atoms with van der Waals surface area (Å²) in [5.74, 6) is -1.01. The minimum absolute atomic E-state index is 0.134. The summed E-state index contributed by atoms with van der Waals surface area (Å²) >= 11 is 6.94. The molecule has 0 aromatic carbocycles. The summed E-state index contributed by atoms with van der Waals surface area (Å²) in [4.78, 5) is 15.4. The first-order valence-electron chi connectivity index (χ1n) is 3.97. The lowest BCUT2D eigenvalue weighted by Crippen LogP contribution is -2.04. The molecule has 0 saturated heterocycles. The number of aryl methyl sites for hydroxylation is 1. The Bertz CT molecular complexity index is 520. The molecule has 5 nitrogen and oxygen atoms in total. The smallest absolute Gasteiger partial charge is 0.354 e. The third-order valence-electron chi connectivity index (χ3n) is 1.83. The monoisotopic (exact) mass is 243 g/mol. The SMILES string of the molecule is Cn1nc(-c2cnc(Cl)s2)cc1C(=O)O. The van der Waals surface area contributed by atoms with Gasteiger partial charge in [-0.15, -0.1) is 11.3 Å². The topological polar surface area (TPSA) is 68.0 Å². The quantitative estimate of drug-likeness (QED) is 0.875. The number of hydrogen-bond acceptors (Lipinski definition) is 4. The van der Waals surface area contributed by atoms with Crippen molar-refractivity contribution in [3.63, 3.8) is 0 Å². The predicted molar refractivity (Wildman–Crippen MR) is 56.3 cm³/mol. The maximum Gasteiger partial charge on any atom is 0.354 e. The Hall–Kier alpha value is -1.40. The molecule has 0 radical (unpaired) electrons. The van der Waals surface area contributed by atoms with Crippen LogP contribution < -0.4 is 0 Å². The summed E-state index contributed by atoms with van der Waals surface area (Å²) in [5, 5.41) is 12.9. The van der Waals surface area contributed by atoms with E-state index in [2.05, 4.69) is 10.1 Å². The van der Waals surface area contributed by atoms with E-state index in [1.54, 1.807) is 13.2 Å². The van der Waals surface area contributed by atoms with E-state index < -0.39 is 5.97 Å². The van der Waals surface area contributed by atoms with Crippen LogP contribution in [0.15, 0.2) is 12.3 Å². The zero-order valence-electron chi connectivity index (χ0n) is 7.64. The lowest BCUT2D eigenvalue weighted by molar-refractivity contribution is 0.0685. The molecule has 0 saturated carbocycles. The third-order valence-corrected chi connectivity index (χ3v) is 2.97. The fourth-order valence-electron chi connectivity index (χ4n) is 1.16. The number of carbonyl (C=O) groups is 1. The second-order valence-corrected chi connectivity index (χ2v) is 4.43. The van der Waals surface area contributed by atoms with E-state index in [0.29, 0.717) is 10.2 Å². The molecule has 2 rings (SSSR count). The van der Waals surface area contributed by atoms with Gasteiger partial charge in [-0.05, 0) is 6.07 Å². The molecule has 0 unspecified atom stereocenters. The first-order chi connectivity index (χ1) is 7.08. The van der Waals surface area contributed by atoms with Crippen molar-refractivity contribution in [2.24, 2.45) is 7.05 Å². The number of rotatable bonds is 2. The number of halogens is 1. The highest BCUT2D eigenvalue weighted by atomic mass is 35.5. The summed E-state index contributed by atoms with van der Waals surface area (Å²) in [5.41, 5.74) is 0.703. The molecule has 0 aliphatic heterocycles. The molecule has 0 aliphatic rings. The van der Waals surface area contributed by atoms with Crippen molar-refractivity contribution in [3.8, 4) is 10.6 Å². The van der Waals surface area contributed by atoms with Gasteiger partial charge in [-0.1, -0.05) is 11.6 Å². The zero-order chi connectivity index (χ0) is 11.0. The lowest BCUT2D eigenvalue weighted by atomic mass is 10.3. The molecular weight excluding hydrogens is 238 g/mol. The zero-order valence-corrected chi connectivity index (χ0v) is 9.21. The fraction of sp³-hybridized carbons (Fsp3) is 0.125. The number of aromatic carboxylic acids is 1. The van der Waals surface area contributed by atoms with Crippen molar-refractivity contribution in [3.05, 3.63) is 22.4 Å². The Morgan fingerprint density at radius 2 is 2.40 bits per heavy atom. The van der Waals surface area contributed by atoms with Crippen LogP contribution in [0.25, 0.3) is 10.6 Å².